The third-order valence-electron chi connectivity index (χ3n) is 4.85. The molecule has 0 aliphatic carbocycles. The molecule has 1 fully saturated rings. The summed E-state index contributed by atoms with van der Waals surface area (Å²) in [5.41, 5.74) is 0.340. The van der Waals surface area contributed by atoms with Crippen LogP contribution in [0.2, 0.25) is 0 Å². The molecule has 1 N–H and O–H groups in total. The molecule has 1 aliphatic heterocycles. The van der Waals surface area contributed by atoms with Crippen LogP contribution in [0.15, 0.2) is 29.2 Å². The SMILES string of the molecule is CCCCNC(=O)C1CCC(C)N(C(=O)c2cccc(S(C)(=O)=O)c2)C1. The number of carbonyl (C=O) groups excluding carboxylic acids is 2. The molecule has 2 atom stereocenters. The first-order chi connectivity index (χ1) is 12.2. The second-order valence-electron chi connectivity index (χ2n) is 7.03. The van der Waals surface area contributed by atoms with Gasteiger partial charge in [0, 0.05) is 31.0 Å². The molecule has 1 saturated heterocycles. The average Bonchev–Trinajstić information content (AvgIpc) is 2.61. The largest absolute Gasteiger partial charge is 0.356 e. The Morgan fingerprint density at radius 3 is 2.65 bits per heavy atom. The predicted molar refractivity (Wildman–Crippen MR) is 101 cm³/mol. The maximum atomic E-state index is 12.9. The van der Waals surface area contributed by atoms with Crippen LogP contribution < -0.4 is 5.32 Å². The van der Waals surface area contributed by atoms with Gasteiger partial charge in [-0.05, 0) is 44.4 Å². The predicted octanol–water partition coefficient (Wildman–Crippen LogP) is 2.25. The molecule has 2 unspecified atom stereocenters. The van der Waals surface area contributed by atoms with E-state index in [4.69, 9.17) is 0 Å². The van der Waals surface area contributed by atoms with E-state index in [2.05, 4.69) is 12.2 Å². The number of nitrogens with zero attached hydrogens (tertiary/aromatic N) is 1. The third-order valence-corrected chi connectivity index (χ3v) is 5.96. The van der Waals surface area contributed by atoms with Gasteiger partial charge in [-0.2, -0.15) is 0 Å². The smallest absolute Gasteiger partial charge is 0.254 e. The molecule has 7 heteroatoms. The van der Waals surface area contributed by atoms with Crippen LogP contribution in [0.1, 0.15) is 49.9 Å². The molecule has 0 saturated carbocycles. The summed E-state index contributed by atoms with van der Waals surface area (Å²) in [4.78, 5) is 27.1. The zero-order valence-electron chi connectivity index (χ0n) is 15.7. The fourth-order valence-electron chi connectivity index (χ4n) is 3.16. The van der Waals surface area contributed by atoms with E-state index in [1.165, 1.54) is 12.1 Å². The lowest BCUT2D eigenvalue weighted by Gasteiger charge is -2.37. The molecule has 1 aromatic rings. The highest BCUT2D eigenvalue weighted by Gasteiger charge is 2.33. The van der Waals surface area contributed by atoms with E-state index in [-0.39, 0.29) is 28.7 Å². The molecule has 0 radical (unpaired) electrons. The first kappa shape index (κ1) is 20.4. The van der Waals surface area contributed by atoms with Gasteiger partial charge in [0.2, 0.25) is 5.91 Å². The number of amides is 2. The highest BCUT2D eigenvalue weighted by molar-refractivity contribution is 7.90. The summed E-state index contributed by atoms with van der Waals surface area (Å²) in [7, 11) is -3.38. The van der Waals surface area contributed by atoms with Gasteiger partial charge in [0.05, 0.1) is 10.8 Å². The summed E-state index contributed by atoms with van der Waals surface area (Å²) in [5.74, 6) is -0.452. The second-order valence-corrected chi connectivity index (χ2v) is 9.04. The maximum Gasteiger partial charge on any atom is 0.254 e. The van der Waals surface area contributed by atoms with Crippen molar-refractivity contribution in [3.8, 4) is 0 Å². The lowest BCUT2D eigenvalue weighted by molar-refractivity contribution is -0.126. The van der Waals surface area contributed by atoms with Gasteiger partial charge in [0.1, 0.15) is 0 Å². The number of hydrogen-bond acceptors (Lipinski definition) is 4. The van der Waals surface area contributed by atoms with E-state index < -0.39 is 9.84 Å². The minimum Gasteiger partial charge on any atom is -0.356 e. The van der Waals surface area contributed by atoms with Crippen molar-refractivity contribution in [1.29, 1.82) is 0 Å². The summed E-state index contributed by atoms with van der Waals surface area (Å²) in [6.45, 7) is 5.05. The number of sulfone groups is 1. The quantitative estimate of drug-likeness (QED) is 0.767. The van der Waals surface area contributed by atoms with Crippen LogP contribution in [0, 0.1) is 5.92 Å². The van der Waals surface area contributed by atoms with E-state index in [1.54, 1.807) is 17.0 Å². The summed E-state index contributed by atoms with van der Waals surface area (Å²) in [5, 5.41) is 2.94. The van der Waals surface area contributed by atoms with Crippen molar-refractivity contribution in [3.05, 3.63) is 29.8 Å². The highest BCUT2D eigenvalue weighted by Crippen LogP contribution is 2.24. The molecule has 2 amide bonds. The van der Waals surface area contributed by atoms with Gasteiger partial charge >= 0.3 is 0 Å². The van der Waals surface area contributed by atoms with Gasteiger partial charge in [-0.15, -0.1) is 0 Å². The minimum atomic E-state index is -3.38. The van der Waals surface area contributed by atoms with Crippen molar-refractivity contribution in [3.63, 3.8) is 0 Å². The third kappa shape index (κ3) is 5.06. The second kappa shape index (κ2) is 8.66. The molecular formula is C19H28N2O4S. The van der Waals surface area contributed by atoms with Crippen LogP contribution in [0.25, 0.3) is 0 Å². The van der Waals surface area contributed by atoms with E-state index in [9.17, 15) is 18.0 Å². The Bertz CT molecular complexity index is 761. The maximum absolute atomic E-state index is 12.9. The molecule has 2 rings (SSSR count). The highest BCUT2D eigenvalue weighted by atomic mass is 32.2. The summed E-state index contributed by atoms with van der Waals surface area (Å²) >= 11 is 0. The molecule has 1 heterocycles. The first-order valence-electron chi connectivity index (χ1n) is 9.12. The Morgan fingerprint density at radius 1 is 1.27 bits per heavy atom. The van der Waals surface area contributed by atoms with Crippen LogP contribution in [-0.4, -0.2) is 50.5 Å². The van der Waals surface area contributed by atoms with Crippen molar-refractivity contribution in [1.82, 2.24) is 10.2 Å². The van der Waals surface area contributed by atoms with Crippen LogP contribution in [0.5, 0.6) is 0 Å². The van der Waals surface area contributed by atoms with Crippen LogP contribution in [-0.2, 0) is 14.6 Å². The molecule has 6 nitrogen and oxygen atoms in total. The first-order valence-corrected chi connectivity index (χ1v) is 11.0. The van der Waals surface area contributed by atoms with Crippen molar-refractivity contribution in [2.45, 2.75) is 50.5 Å². The zero-order valence-corrected chi connectivity index (χ0v) is 16.5. The monoisotopic (exact) mass is 380 g/mol. The summed E-state index contributed by atoms with van der Waals surface area (Å²) in [6.07, 6.45) is 4.59. The van der Waals surface area contributed by atoms with Crippen molar-refractivity contribution in [2.24, 2.45) is 5.92 Å². The van der Waals surface area contributed by atoms with Gasteiger partial charge < -0.3 is 10.2 Å². The zero-order chi connectivity index (χ0) is 19.3. The van der Waals surface area contributed by atoms with E-state index in [1.807, 2.05) is 6.92 Å². The fraction of sp³-hybridized carbons (Fsp3) is 0.579. The fourth-order valence-corrected chi connectivity index (χ4v) is 3.83. The molecular weight excluding hydrogens is 352 g/mol. The summed E-state index contributed by atoms with van der Waals surface area (Å²) in [6, 6.07) is 6.11. The van der Waals surface area contributed by atoms with E-state index in [0.717, 1.165) is 31.9 Å². The summed E-state index contributed by atoms with van der Waals surface area (Å²) < 4.78 is 23.5. The number of rotatable bonds is 6. The molecule has 0 spiro atoms. The van der Waals surface area contributed by atoms with Crippen molar-refractivity contribution in [2.75, 3.05) is 19.3 Å². The Morgan fingerprint density at radius 2 is 2.00 bits per heavy atom. The van der Waals surface area contributed by atoms with E-state index >= 15 is 0 Å². The number of nitrogens with one attached hydrogen (secondary N) is 1. The van der Waals surface area contributed by atoms with E-state index in [0.29, 0.717) is 18.7 Å². The average molecular weight is 381 g/mol. The molecule has 0 aromatic heterocycles. The van der Waals surface area contributed by atoms with Crippen molar-refractivity contribution >= 4 is 21.7 Å². The van der Waals surface area contributed by atoms with Gasteiger partial charge in [0.15, 0.2) is 9.84 Å². The van der Waals surface area contributed by atoms with Gasteiger partial charge in [0.25, 0.3) is 5.91 Å². The number of carbonyl (C=O) groups is 2. The Balaban J connectivity index is 2.13. The Hall–Kier alpha value is -1.89. The van der Waals surface area contributed by atoms with Crippen LogP contribution in [0.4, 0.5) is 0 Å². The van der Waals surface area contributed by atoms with Crippen molar-refractivity contribution < 1.29 is 18.0 Å². The number of piperidine rings is 1. The molecule has 144 valence electrons. The molecule has 26 heavy (non-hydrogen) atoms. The molecule has 1 aliphatic rings. The number of benzene rings is 1. The molecule has 0 bridgehead atoms. The lowest BCUT2D eigenvalue weighted by Crippen LogP contribution is -2.49. The lowest BCUT2D eigenvalue weighted by atomic mass is 9.92. The normalized spacial score (nSPS) is 20.7. The van der Waals surface area contributed by atoms with Gasteiger partial charge in [-0.25, -0.2) is 8.42 Å². The number of unbranched alkanes of at least 4 members (excludes halogenated alkanes) is 1. The topological polar surface area (TPSA) is 83.6 Å². The number of likely N-dealkylation sites (tertiary alicyclic amines) is 1. The molecule has 1 aromatic carbocycles. The van der Waals surface area contributed by atoms with Crippen LogP contribution >= 0.6 is 0 Å². The number of hydrogen-bond donors (Lipinski definition) is 1. The standard InChI is InChI=1S/C19H28N2O4S/c1-4-5-11-20-18(22)16-10-9-14(2)21(13-16)19(23)15-7-6-8-17(12-15)26(3,24)25/h6-8,12,14,16H,4-5,9-11,13H2,1-3H3,(H,20,22). The minimum absolute atomic E-state index is 0.00645. The Labute approximate surface area is 155 Å². The Kier molecular flexibility index (Phi) is 6.81. The van der Waals surface area contributed by atoms with Crippen LogP contribution in [0.3, 0.4) is 0 Å². The van der Waals surface area contributed by atoms with Gasteiger partial charge in [-0.3, -0.25) is 9.59 Å². The van der Waals surface area contributed by atoms with Gasteiger partial charge in [-0.1, -0.05) is 19.4 Å².